The molecule has 0 aliphatic rings. The highest BCUT2D eigenvalue weighted by atomic mass is 32.2. The summed E-state index contributed by atoms with van der Waals surface area (Å²) in [4.78, 5) is 13.0. The van der Waals surface area contributed by atoms with Gasteiger partial charge in [-0.25, -0.2) is 13.1 Å². The summed E-state index contributed by atoms with van der Waals surface area (Å²) in [5.41, 5.74) is 2.45. The maximum atomic E-state index is 12.9. The molecule has 4 rings (SSSR count). The number of hydrogen-bond acceptors (Lipinski definition) is 5. The van der Waals surface area contributed by atoms with E-state index in [2.05, 4.69) is 21.7 Å². The molecular weight excluding hydrogens is 452 g/mol. The summed E-state index contributed by atoms with van der Waals surface area (Å²) < 4.78 is 34.8. The summed E-state index contributed by atoms with van der Waals surface area (Å²) in [6.07, 6.45) is 1.51. The van der Waals surface area contributed by atoms with Crippen LogP contribution >= 0.6 is 0 Å². The Bertz CT molecular complexity index is 1590. The Morgan fingerprint density at radius 3 is 2.41 bits per heavy atom. The molecule has 0 spiro atoms. The standard InChI is InChI=1S/C25H24N4O4S/c1-17-9-11-20(12-10-17)29-25(30)22(18(2)27-29)16-26-23-14-13-21(15-24(23)33-3)34(31,32)28-19-7-5-4-6-8-19/h4-16,26-28H,2H2,1,3H3. The lowest BCUT2D eigenvalue weighted by Gasteiger charge is -2.12. The summed E-state index contributed by atoms with van der Waals surface area (Å²) in [6, 6.07) is 20.6. The van der Waals surface area contributed by atoms with Crippen molar-refractivity contribution in [3.8, 4) is 11.4 Å². The van der Waals surface area contributed by atoms with Crippen molar-refractivity contribution in [1.82, 2.24) is 9.78 Å². The van der Waals surface area contributed by atoms with Crippen LogP contribution in [0, 0.1) is 6.92 Å². The average Bonchev–Trinajstić information content (AvgIpc) is 3.11. The van der Waals surface area contributed by atoms with Crippen LogP contribution < -0.4 is 30.9 Å². The molecule has 0 aliphatic carbocycles. The van der Waals surface area contributed by atoms with E-state index in [1.54, 1.807) is 36.4 Å². The number of nitrogens with one attached hydrogen (secondary N) is 3. The third-order valence-corrected chi connectivity index (χ3v) is 6.56. The highest BCUT2D eigenvalue weighted by Gasteiger charge is 2.17. The van der Waals surface area contributed by atoms with Crippen LogP contribution in [0.3, 0.4) is 0 Å². The van der Waals surface area contributed by atoms with E-state index in [0.717, 1.165) is 5.56 Å². The van der Waals surface area contributed by atoms with Crippen molar-refractivity contribution in [3.05, 3.63) is 99.3 Å². The summed E-state index contributed by atoms with van der Waals surface area (Å²) in [7, 11) is -2.37. The third-order valence-electron chi connectivity index (χ3n) is 5.18. The Morgan fingerprint density at radius 2 is 1.74 bits per heavy atom. The van der Waals surface area contributed by atoms with E-state index >= 15 is 0 Å². The topological polar surface area (TPSA) is 105 Å². The second-order valence-electron chi connectivity index (χ2n) is 7.60. The fourth-order valence-corrected chi connectivity index (χ4v) is 4.42. The molecule has 0 bridgehead atoms. The van der Waals surface area contributed by atoms with Crippen molar-refractivity contribution in [2.45, 2.75) is 11.8 Å². The first-order valence-electron chi connectivity index (χ1n) is 10.4. The predicted molar refractivity (Wildman–Crippen MR) is 134 cm³/mol. The van der Waals surface area contributed by atoms with Crippen LogP contribution in [-0.2, 0) is 10.0 Å². The number of ether oxygens (including phenoxy) is 1. The zero-order chi connectivity index (χ0) is 24.3. The SMILES string of the molecule is C=c1[nH]n(-c2ccc(C)cc2)c(=O)c1=CNc1ccc(S(=O)(=O)Nc2ccccc2)cc1OC. The number of para-hydroxylation sites is 1. The molecule has 174 valence electrons. The fraction of sp³-hybridized carbons (Fsp3) is 0.0800. The first-order chi connectivity index (χ1) is 16.3. The number of nitrogens with zero attached hydrogens (tertiary/aromatic N) is 1. The fourth-order valence-electron chi connectivity index (χ4n) is 3.35. The normalized spacial score (nSPS) is 11.9. The van der Waals surface area contributed by atoms with E-state index in [4.69, 9.17) is 4.74 Å². The molecule has 0 fully saturated rings. The highest BCUT2D eigenvalue weighted by Crippen LogP contribution is 2.28. The molecule has 34 heavy (non-hydrogen) atoms. The number of methoxy groups -OCH3 is 1. The van der Waals surface area contributed by atoms with Gasteiger partial charge in [-0.1, -0.05) is 42.5 Å². The average molecular weight is 477 g/mol. The monoisotopic (exact) mass is 476 g/mol. The molecule has 0 saturated carbocycles. The number of hydrogen-bond donors (Lipinski definition) is 3. The van der Waals surface area contributed by atoms with Crippen molar-refractivity contribution < 1.29 is 13.2 Å². The van der Waals surface area contributed by atoms with Gasteiger partial charge in [-0.15, -0.1) is 0 Å². The van der Waals surface area contributed by atoms with Gasteiger partial charge in [0.2, 0.25) is 0 Å². The third kappa shape index (κ3) is 4.74. The largest absolute Gasteiger partial charge is 0.495 e. The van der Waals surface area contributed by atoms with Crippen LogP contribution in [0.1, 0.15) is 5.56 Å². The highest BCUT2D eigenvalue weighted by molar-refractivity contribution is 7.92. The van der Waals surface area contributed by atoms with Crippen molar-refractivity contribution in [2.75, 3.05) is 17.1 Å². The van der Waals surface area contributed by atoms with Gasteiger partial charge in [0.05, 0.1) is 33.9 Å². The van der Waals surface area contributed by atoms with Crippen LogP contribution in [0.25, 0.3) is 18.5 Å². The molecule has 0 radical (unpaired) electrons. The predicted octanol–water partition coefficient (Wildman–Crippen LogP) is 2.54. The number of H-pyrrole nitrogens is 1. The number of benzene rings is 3. The summed E-state index contributed by atoms with van der Waals surface area (Å²) >= 11 is 0. The van der Waals surface area contributed by atoms with Crippen molar-refractivity contribution >= 4 is 34.2 Å². The molecule has 3 N–H and O–H groups in total. The second-order valence-corrected chi connectivity index (χ2v) is 9.28. The number of sulfonamides is 1. The smallest absolute Gasteiger partial charge is 0.280 e. The maximum absolute atomic E-state index is 12.9. The number of aryl methyl sites for hydroxylation is 1. The number of aromatic amines is 1. The minimum absolute atomic E-state index is 0.0416. The van der Waals surface area contributed by atoms with Gasteiger partial charge in [0.15, 0.2) is 0 Å². The first-order valence-corrected chi connectivity index (χ1v) is 11.9. The summed E-state index contributed by atoms with van der Waals surface area (Å²) in [6.45, 7) is 5.89. The van der Waals surface area contributed by atoms with Crippen LogP contribution in [-0.4, -0.2) is 25.3 Å². The zero-order valence-corrected chi connectivity index (χ0v) is 19.5. The van der Waals surface area contributed by atoms with Gasteiger partial charge in [-0.3, -0.25) is 14.6 Å². The Morgan fingerprint density at radius 1 is 1.03 bits per heavy atom. The van der Waals surface area contributed by atoms with E-state index < -0.39 is 10.0 Å². The molecule has 0 atom stereocenters. The maximum Gasteiger partial charge on any atom is 0.280 e. The van der Waals surface area contributed by atoms with Crippen molar-refractivity contribution in [1.29, 1.82) is 0 Å². The van der Waals surface area contributed by atoms with Gasteiger partial charge in [0, 0.05) is 18.0 Å². The van der Waals surface area contributed by atoms with Crippen molar-refractivity contribution in [2.24, 2.45) is 0 Å². The molecular formula is C25H24N4O4S. The quantitative estimate of drug-likeness (QED) is 0.380. The Balaban J connectivity index is 1.63. The van der Waals surface area contributed by atoms with Gasteiger partial charge in [0.1, 0.15) is 5.75 Å². The molecule has 1 heterocycles. The molecule has 4 aromatic rings. The summed E-state index contributed by atoms with van der Waals surface area (Å²) in [5.74, 6) is 0.298. The molecule has 0 saturated heterocycles. The number of rotatable bonds is 7. The van der Waals surface area contributed by atoms with Gasteiger partial charge < -0.3 is 10.1 Å². The lowest BCUT2D eigenvalue weighted by Crippen LogP contribution is -2.34. The van der Waals surface area contributed by atoms with Crippen LogP contribution in [0.2, 0.25) is 0 Å². The van der Waals surface area contributed by atoms with E-state index in [9.17, 15) is 13.2 Å². The van der Waals surface area contributed by atoms with Gasteiger partial charge in [-0.2, -0.15) is 0 Å². The molecule has 0 amide bonds. The Hall–Kier alpha value is -4.24. The van der Waals surface area contributed by atoms with Gasteiger partial charge in [0.25, 0.3) is 15.6 Å². The summed E-state index contributed by atoms with van der Waals surface area (Å²) in [5, 5.41) is 6.77. The second kappa shape index (κ2) is 9.32. The van der Waals surface area contributed by atoms with E-state index in [1.165, 1.54) is 30.1 Å². The number of aromatic nitrogens is 2. The Kier molecular flexibility index (Phi) is 6.29. The lowest BCUT2D eigenvalue weighted by molar-refractivity contribution is 0.415. The molecule has 1 aromatic heterocycles. The molecule has 8 nitrogen and oxygen atoms in total. The van der Waals surface area contributed by atoms with Gasteiger partial charge in [-0.05, 0) is 43.3 Å². The van der Waals surface area contributed by atoms with E-state index in [0.29, 0.717) is 33.4 Å². The van der Waals surface area contributed by atoms with Gasteiger partial charge >= 0.3 is 0 Å². The van der Waals surface area contributed by atoms with Crippen LogP contribution in [0.5, 0.6) is 5.75 Å². The molecule has 0 unspecified atom stereocenters. The molecule has 9 heteroatoms. The van der Waals surface area contributed by atoms with Crippen molar-refractivity contribution in [3.63, 3.8) is 0 Å². The minimum Gasteiger partial charge on any atom is -0.495 e. The van der Waals surface area contributed by atoms with Crippen LogP contribution in [0.15, 0.2) is 82.5 Å². The minimum atomic E-state index is -3.81. The van der Waals surface area contributed by atoms with Crippen LogP contribution in [0.4, 0.5) is 11.4 Å². The lowest BCUT2D eigenvalue weighted by atomic mass is 10.2. The molecule has 0 aliphatic heterocycles. The zero-order valence-electron chi connectivity index (χ0n) is 18.7. The molecule has 3 aromatic carbocycles. The number of anilines is 2. The Labute approximate surface area is 196 Å². The van der Waals surface area contributed by atoms with E-state index in [1.807, 2.05) is 31.2 Å². The van der Waals surface area contributed by atoms with E-state index in [-0.39, 0.29) is 10.5 Å². The first kappa shape index (κ1) is 22.9.